The van der Waals surface area contributed by atoms with Crippen molar-refractivity contribution in [3.8, 4) is 6.07 Å². The van der Waals surface area contributed by atoms with Gasteiger partial charge in [-0.1, -0.05) is 12.1 Å². The van der Waals surface area contributed by atoms with Gasteiger partial charge < -0.3 is 4.90 Å². The van der Waals surface area contributed by atoms with E-state index in [1.807, 2.05) is 6.07 Å². The lowest BCUT2D eigenvalue weighted by molar-refractivity contribution is -0.136. The Kier molecular flexibility index (Phi) is 5.20. The molecule has 3 amide bonds. The molecule has 9 nitrogen and oxygen atoms in total. The number of nitrogens with zero attached hydrogens (tertiary/aromatic N) is 2. The van der Waals surface area contributed by atoms with Crippen molar-refractivity contribution < 1.29 is 22.8 Å². The highest BCUT2D eigenvalue weighted by Gasteiger charge is 2.39. The van der Waals surface area contributed by atoms with Crippen molar-refractivity contribution in [1.82, 2.24) is 10.2 Å². The van der Waals surface area contributed by atoms with Gasteiger partial charge in [0.05, 0.1) is 17.4 Å². The van der Waals surface area contributed by atoms with Gasteiger partial charge in [-0.25, -0.2) is 8.42 Å². The van der Waals surface area contributed by atoms with Crippen LogP contribution in [0.1, 0.15) is 34.3 Å². The van der Waals surface area contributed by atoms with Gasteiger partial charge in [0.25, 0.3) is 15.9 Å². The highest BCUT2D eigenvalue weighted by atomic mass is 32.2. The van der Waals surface area contributed by atoms with Crippen LogP contribution in [0.15, 0.2) is 47.4 Å². The second-order valence-electron chi connectivity index (χ2n) is 7.36. The topological polar surface area (TPSA) is 136 Å². The van der Waals surface area contributed by atoms with Crippen molar-refractivity contribution in [2.24, 2.45) is 0 Å². The number of piperidine rings is 1. The number of nitrogens with one attached hydrogen (secondary N) is 2. The van der Waals surface area contributed by atoms with Crippen LogP contribution in [0.5, 0.6) is 0 Å². The van der Waals surface area contributed by atoms with Gasteiger partial charge in [-0.05, 0) is 47.9 Å². The largest absolute Gasteiger partial charge is 0.322 e. The maximum absolute atomic E-state index is 12.7. The van der Waals surface area contributed by atoms with Crippen LogP contribution < -0.4 is 10.0 Å². The fourth-order valence-corrected chi connectivity index (χ4v) is 4.78. The third-order valence-electron chi connectivity index (χ3n) is 5.29. The maximum Gasteiger partial charge on any atom is 0.261 e. The highest BCUT2D eigenvalue weighted by molar-refractivity contribution is 7.92. The summed E-state index contributed by atoms with van der Waals surface area (Å²) in [4.78, 5) is 37.7. The van der Waals surface area contributed by atoms with Gasteiger partial charge in [0, 0.05) is 24.2 Å². The molecule has 4 rings (SSSR count). The van der Waals surface area contributed by atoms with Crippen molar-refractivity contribution in [2.45, 2.75) is 36.7 Å². The van der Waals surface area contributed by atoms with E-state index in [4.69, 9.17) is 5.26 Å². The summed E-state index contributed by atoms with van der Waals surface area (Å²) in [6.45, 7) is 0.152. The molecule has 2 N–H and O–H groups in total. The zero-order chi connectivity index (χ0) is 22.2. The molecule has 0 aliphatic carbocycles. The molecular formula is C21H18N4O5S. The molecule has 2 aliphatic heterocycles. The SMILES string of the molecule is N#CCc1ccc(S(=O)(=O)Nc2ccc3c(c2)CN(C2CCC(=O)NC2=O)C3=O)cc1. The zero-order valence-electron chi connectivity index (χ0n) is 16.3. The molecule has 0 spiro atoms. The maximum atomic E-state index is 12.7. The van der Waals surface area contributed by atoms with Gasteiger partial charge >= 0.3 is 0 Å². The minimum Gasteiger partial charge on any atom is -0.322 e. The van der Waals surface area contributed by atoms with E-state index in [0.717, 1.165) is 0 Å². The van der Waals surface area contributed by atoms with Crippen molar-refractivity contribution in [3.05, 3.63) is 59.2 Å². The van der Waals surface area contributed by atoms with Crippen LogP contribution in [0.25, 0.3) is 0 Å². The van der Waals surface area contributed by atoms with Gasteiger partial charge in [0.15, 0.2) is 0 Å². The molecule has 1 unspecified atom stereocenters. The molecule has 1 saturated heterocycles. The molecule has 0 bridgehead atoms. The summed E-state index contributed by atoms with van der Waals surface area (Å²) in [7, 11) is -3.86. The quantitative estimate of drug-likeness (QED) is 0.676. The number of hydrogen-bond donors (Lipinski definition) is 2. The van der Waals surface area contributed by atoms with Crippen molar-refractivity contribution in [1.29, 1.82) is 5.26 Å². The normalized spacial score (nSPS) is 18.4. The van der Waals surface area contributed by atoms with Crippen LogP contribution >= 0.6 is 0 Å². The molecule has 158 valence electrons. The average molecular weight is 438 g/mol. The van der Waals surface area contributed by atoms with Gasteiger partial charge in [0.1, 0.15) is 6.04 Å². The van der Waals surface area contributed by atoms with Crippen LogP contribution in [0, 0.1) is 11.3 Å². The van der Waals surface area contributed by atoms with Crippen LogP contribution in [0.2, 0.25) is 0 Å². The third-order valence-corrected chi connectivity index (χ3v) is 6.69. The lowest BCUT2D eigenvalue weighted by atomic mass is 10.0. The summed E-state index contributed by atoms with van der Waals surface area (Å²) >= 11 is 0. The van der Waals surface area contributed by atoms with E-state index in [2.05, 4.69) is 10.0 Å². The molecule has 1 atom stereocenters. The van der Waals surface area contributed by atoms with Crippen molar-refractivity contribution >= 4 is 33.4 Å². The second kappa shape index (κ2) is 7.85. The Hall–Kier alpha value is -3.71. The Labute approximate surface area is 178 Å². The van der Waals surface area contributed by atoms with E-state index in [-0.39, 0.29) is 48.2 Å². The van der Waals surface area contributed by atoms with Gasteiger partial charge in [0.2, 0.25) is 11.8 Å². The van der Waals surface area contributed by atoms with Crippen LogP contribution in [0.3, 0.4) is 0 Å². The van der Waals surface area contributed by atoms with E-state index in [9.17, 15) is 22.8 Å². The van der Waals surface area contributed by atoms with E-state index in [1.165, 1.54) is 29.2 Å². The minimum absolute atomic E-state index is 0.0518. The number of carbonyl (C=O) groups excluding carboxylic acids is 3. The molecule has 0 saturated carbocycles. The molecular weight excluding hydrogens is 420 g/mol. The third kappa shape index (κ3) is 4.00. The number of benzene rings is 2. The molecule has 1 fully saturated rings. The Balaban J connectivity index is 1.52. The number of imide groups is 1. The summed E-state index contributed by atoms with van der Waals surface area (Å²) in [5, 5.41) is 11.0. The fourth-order valence-electron chi connectivity index (χ4n) is 3.73. The summed E-state index contributed by atoms with van der Waals surface area (Å²) < 4.78 is 27.9. The number of nitriles is 1. The van der Waals surface area contributed by atoms with Gasteiger partial charge in [-0.3, -0.25) is 24.4 Å². The number of sulfonamides is 1. The van der Waals surface area contributed by atoms with E-state index in [0.29, 0.717) is 16.7 Å². The Morgan fingerprint density at radius 3 is 2.55 bits per heavy atom. The van der Waals surface area contributed by atoms with Crippen LogP contribution in [-0.2, 0) is 32.6 Å². The number of carbonyl (C=O) groups is 3. The smallest absolute Gasteiger partial charge is 0.261 e. The highest BCUT2D eigenvalue weighted by Crippen LogP contribution is 2.30. The zero-order valence-corrected chi connectivity index (χ0v) is 17.1. The Morgan fingerprint density at radius 2 is 1.87 bits per heavy atom. The predicted octanol–water partition coefficient (Wildman–Crippen LogP) is 1.31. The first-order chi connectivity index (χ1) is 14.8. The number of amides is 3. The van der Waals surface area contributed by atoms with Gasteiger partial charge in [-0.2, -0.15) is 5.26 Å². The van der Waals surface area contributed by atoms with E-state index >= 15 is 0 Å². The minimum atomic E-state index is -3.86. The van der Waals surface area contributed by atoms with Gasteiger partial charge in [-0.15, -0.1) is 0 Å². The molecule has 2 aliphatic rings. The Morgan fingerprint density at radius 1 is 1.13 bits per heavy atom. The fraction of sp³-hybridized carbons (Fsp3) is 0.238. The van der Waals surface area contributed by atoms with E-state index in [1.54, 1.807) is 18.2 Å². The lowest BCUT2D eigenvalue weighted by Gasteiger charge is -2.29. The predicted molar refractivity (Wildman–Crippen MR) is 109 cm³/mol. The number of anilines is 1. The number of rotatable bonds is 5. The monoisotopic (exact) mass is 438 g/mol. The van der Waals surface area contributed by atoms with Crippen LogP contribution in [-0.4, -0.2) is 37.1 Å². The first kappa shape index (κ1) is 20.6. The molecule has 10 heteroatoms. The number of fused-ring (bicyclic) bond motifs is 1. The molecule has 2 aromatic carbocycles. The summed E-state index contributed by atoms with van der Waals surface area (Å²) in [5.74, 6) is -1.19. The standard InChI is InChI=1S/C21H18N4O5S/c22-10-9-13-1-4-16(5-2-13)31(29,30)24-15-3-6-17-14(11-15)12-25(21(17)28)18-7-8-19(26)23-20(18)27/h1-6,11,18,24H,7-9,12H2,(H,23,26,27). The van der Waals surface area contributed by atoms with Crippen molar-refractivity contribution in [2.75, 3.05) is 4.72 Å². The second-order valence-corrected chi connectivity index (χ2v) is 9.04. The summed E-state index contributed by atoms with van der Waals surface area (Å²) in [6.07, 6.45) is 0.608. The first-order valence-electron chi connectivity index (χ1n) is 9.55. The Bertz CT molecular complexity index is 1230. The first-order valence-corrected chi connectivity index (χ1v) is 11.0. The average Bonchev–Trinajstić information content (AvgIpc) is 3.04. The van der Waals surface area contributed by atoms with Crippen LogP contribution in [0.4, 0.5) is 5.69 Å². The van der Waals surface area contributed by atoms with Crippen molar-refractivity contribution in [3.63, 3.8) is 0 Å². The molecule has 31 heavy (non-hydrogen) atoms. The number of hydrogen-bond acceptors (Lipinski definition) is 6. The molecule has 2 heterocycles. The molecule has 0 aromatic heterocycles. The summed E-state index contributed by atoms with van der Waals surface area (Å²) in [6, 6.07) is 11.9. The molecule has 0 radical (unpaired) electrons. The lowest BCUT2D eigenvalue weighted by Crippen LogP contribution is -2.52. The molecule has 2 aromatic rings. The van der Waals surface area contributed by atoms with E-state index < -0.39 is 22.0 Å². The summed E-state index contributed by atoms with van der Waals surface area (Å²) in [5.41, 5.74) is 2.00.